The Morgan fingerprint density at radius 2 is 2.12 bits per heavy atom. The summed E-state index contributed by atoms with van der Waals surface area (Å²) in [6.07, 6.45) is 2.36. The number of ether oxygens (including phenoxy) is 1. The van der Waals surface area contributed by atoms with E-state index in [-0.39, 0.29) is 0 Å². The zero-order valence-electron chi connectivity index (χ0n) is 14.5. The van der Waals surface area contributed by atoms with Crippen LogP contribution in [0.25, 0.3) is 11.3 Å². The van der Waals surface area contributed by atoms with Gasteiger partial charge in [0.15, 0.2) is 0 Å². The summed E-state index contributed by atoms with van der Waals surface area (Å²) in [5.74, 6) is 1.78. The molecule has 6 heteroatoms. The lowest BCUT2D eigenvalue weighted by Crippen LogP contribution is -2.01. The van der Waals surface area contributed by atoms with Gasteiger partial charge in [-0.2, -0.15) is 10.4 Å². The summed E-state index contributed by atoms with van der Waals surface area (Å²) in [4.78, 5) is 4.57. The van der Waals surface area contributed by atoms with Gasteiger partial charge in [-0.3, -0.25) is 4.98 Å². The van der Waals surface area contributed by atoms with Crippen LogP contribution in [0.1, 0.15) is 35.7 Å². The largest absolute Gasteiger partial charge is 0.439 e. The molecule has 2 N–H and O–H groups in total. The fraction of sp³-hybridized carbons (Fsp3) is 0.250. The first-order valence-electron chi connectivity index (χ1n) is 8.60. The van der Waals surface area contributed by atoms with E-state index in [2.05, 4.69) is 16.2 Å². The van der Waals surface area contributed by atoms with Crippen molar-refractivity contribution in [1.29, 1.82) is 5.26 Å². The minimum Gasteiger partial charge on any atom is -0.439 e. The first kappa shape index (κ1) is 16.3. The lowest BCUT2D eigenvalue weighted by Gasteiger charge is -2.12. The molecule has 0 radical (unpaired) electrons. The van der Waals surface area contributed by atoms with Crippen LogP contribution in [-0.2, 0) is 13.6 Å². The van der Waals surface area contributed by atoms with Crippen LogP contribution in [-0.4, -0.2) is 14.8 Å². The van der Waals surface area contributed by atoms with E-state index in [1.807, 2.05) is 37.4 Å². The van der Waals surface area contributed by atoms with Crippen molar-refractivity contribution in [3.8, 4) is 29.0 Å². The molecule has 0 aliphatic heterocycles. The Morgan fingerprint density at radius 1 is 1.27 bits per heavy atom. The molecular formula is C20H19N5O. The molecule has 0 spiro atoms. The molecule has 2 aromatic heterocycles. The molecule has 1 aliphatic rings. The topological polar surface area (TPSA) is 89.8 Å². The Labute approximate surface area is 151 Å². The van der Waals surface area contributed by atoms with Crippen molar-refractivity contribution in [2.45, 2.75) is 25.3 Å². The molecule has 1 aliphatic carbocycles. The highest BCUT2D eigenvalue weighted by molar-refractivity contribution is 5.69. The van der Waals surface area contributed by atoms with Crippen molar-refractivity contribution in [2.75, 3.05) is 0 Å². The number of nitriles is 1. The van der Waals surface area contributed by atoms with Crippen LogP contribution in [0.4, 0.5) is 0 Å². The van der Waals surface area contributed by atoms with E-state index in [9.17, 15) is 5.26 Å². The smallest absolute Gasteiger partial charge is 0.217 e. The Kier molecular flexibility index (Phi) is 4.15. The standard InChI is InChI=1S/C20H19N5O/c1-25-20(10-18(24-25)14-6-7-14)26-19-9-13(11-21)5-8-16(19)17-4-2-3-15(12-22)23-17/h2-5,8-10,14H,6-7,12,22H2,1H3. The number of hydrogen-bond donors (Lipinski definition) is 1. The van der Waals surface area contributed by atoms with E-state index in [0.29, 0.717) is 29.7 Å². The van der Waals surface area contributed by atoms with Gasteiger partial charge in [0.1, 0.15) is 5.75 Å². The van der Waals surface area contributed by atoms with Gasteiger partial charge in [0.25, 0.3) is 0 Å². The van der Waals surface area contributed by atoms with Crippen molar-refractivity contribution in [2.24, 2.45) is 12.8 Å². The number of rotatable bonds is 5. The summed E-state index contributed by atoms with van der Waals surface area (Å²) in [5.41, 5.74) is 9.68. The van der Waals surface area contributed by atoms with E-state index in [4.69, 9.17) is 10.5 Å². The Bertz CT molecular complexity index is 998. The summed E-state index contributed by atoms with van der Waals surface area (Å²) < 4.78 is 7.88. The maximum atomic E-state index is 9.26. The van der Waals surface area contributed by atoms with Gasteiger partial charge in [0.2, 0.25) is 5.88 Å². The maximum absolute atomic E-state index is 9.26. The van der Waals surface area contributed by atoms with E-state index >= 15 is 0 Å². The second-order valence-corrected chi connectivity index (χ2v) is 6.45. The molecule has 3 aromatic rings. The van der Waals surface area contributed by atoms with Gasteiger partial charge in [-0.05, 0) is 43.2 Å². The van der Waals surface area contributed by atoms with Gasteiger partial charge in [-0.15, -0.1) is 0 Å². The van der Waals surface area contributed by atoms with Crippen molar-refractivity contribution in [3.63, 3.8) is 0 Å². The van der Waals surface area contributed by atoms with E-state index in [1.54, 1.807) is 16.8 Å². The molecule has 0 bridgehead atoms. The highest BCUT2D eigenvalue weighted by atomic mass is 16.5. The predicted molar refractivity (Wildman–Crippen MR) is 97.5 cm³/mol. The van der Waals surface area contributed by atoms with Crippen molar-refractivity contribution in [3.05, 3.63) is 59.4 Å². The number of benzene rings is 1. The second kappa shape index (κ2) is 6.62. The predicted octanol–water partition coefficient (Wildman–Crippen LogP) is 3.48. The van der Waals surface area contributed by atoms with Gasteiger partial charge >= 0.3 is 0 Å². The van der Waals surface area contributed by atoms with Crippen LogP contribution in [0.3, 0.4) is 0 Å². The van der Waals surface area contributed by atoms with Gasteiger partial charge in [0.05, 0.1) is 28.7 Å². The number of pyridine rings is 1. The quantitative estimate of drug-likeness (QED) is 0.764. The first-order chi connectivity index (χ1) is 12.7. The summed E-state index contributed by atoms with van der Waals surface area (Å²) in [6, 6.07) is 15.2. The van der Waals surface area contributed by atoms with Crippen LogP contribution in [0, 0.1) is 11.3 Å². The molecule has 2 heterocycles. The third-order valence-electron chi connectivity index (χ3n) is 4.47. The zero-order chi connectivity index (χ0) is 18.1. The van der Waals surface area contributed by atoms with Gasteiger partial charge in [-0.25, -0.2) is 4.68 Å². The SMILES string of the molecule is Cn1nc(C2CC2)cc1Oc1cc(C#N)ccc1-c1cccc(CN)n1. The molecule has 1 fully saturated rings. The van der Waals surface area contributed by atoms with E-state index in [0.717, 1.165) is 22.6 Å². The summed E-state index contributed by atoms with van der Waals surface area (Å²) in [5, 5.41) is 13.8. The van der Waals surface area contributed by atoms with Crippen molar-refractivity contribution in [1.82, 2.24) is 14.8 Å². The molecule has 1 aromatic carbocycles. The van der Waals surface area contributed by atoms with Gasteiger partial charge in [-0.1, -0.05) is 6.07 Å². The molecule has 0 atom stereocenters. The molecule has 26 heavy (non-hydrogen) atoms. The van der Waals surface area contributed by atoms with Gasteiger partial charge < -0.3 is 10.5 Å². The maximum Gasteiger partial charge on any atom is 0.217 e. The zero-order valence-corrected chi connectivity index (χ0v) is 14.5. The lowest BCUT2D eigenvalue weighted by atomic mass is 10.1. The van der Waals surface area contributed by atoms with Gasteiger partial charge in [0, 0.05) is 31.1 Å². The number of nitrogens with zero attached hydrogens (tertiary/aromatic N) is 4. The van der Waals surface area contributed by atoms with E-state index < -0.39 is 0 Å². The summed E-state index contributed by atoms with van der Waals surface area (Å²) in [6.45, 7) is 0.368. The summed E-state index contributed by atoms with van der Waals surface area (Å²) >= 11 is 0. The van der Waals surface area contributed by atoms with Crippen LogP contribution in [0.5, 0.6) is 11.6 Å². The highest BCUT2D eigenvalue weighted by Gasteiger charge is 2.27. The molecular weight excluding hydrogens is 326 g/mol. The number of hydrogen-bond acceptors (Lipinski definition) is 5. The second-order valence-electron chi connectivity index (χ2n) is 6.45. The molecule has 0 unspecified atom stereocenters. The Morgan fingerprint density at radius 3 is 2.85 bits per heavy atom. The molecule has 130 valence electrons. The minimum atomic E-state index is 0.368. The number of nitrogens with two attached hydrogens (primary N) is 1. The molecule has 1 saturated carbocycles. The Hall–Kier alpha value is -3.17. The fourth-order valence-electron chi connectivity index (χ4n) is 2.89. The lowest BCUT2D eigenvalue weighted by molar-refractivity contribution is 0.431. The van der Waals surface area contributed by atoms with E-state index in [1.165, 1.54) is 12.8 Å². The monoisotopic (exact) mass is 345 g/mol. The van der Waals surface area contributed by atoms with Crippen LogP contribution >= 0.6 is 0 Å². The minimum absolute atomic E-state index is 0.368. The highest BCUT2D eigenvalue weighted by Crippen LogP contribution is 2.41. The molecule has 0 amide bonds. The average Bonchev–Trinajstić information content (AvgIpc) is 3.46. The van der Waals surface area contributed by atoms with Crippen molar-refractivity contribution >= 4 is 0 Å². The third-order valence-corrected chi connectivity index (χ3v) is 4.47. The Balaban J connectivity index is 1.75. The number of aryl methyl sites for hydroxylation is 1. The molecule has 4 rings (SSSR count). The molecule has 6 nitrogen and oxygen atoms in total. The van der Waals surface area contributed by atoms with Crippen molar-refractivity contribution < 1.29 is 4.74 Å². The van der Waals surface area contributed by atoms with Crippen LogP contribution < -0.4 is 10.5 Å². The fourth-order valence-corrected chi connectivity index (χ4v) is 2.89. The average molecular weight is 345 g/mol. The van der Waals surface area contributed by atoms with Crippen LogP contribution in [0.2, 0.25) is 0 Å². The third kappa shape index (κ3) is 3.17. The van der Waals surface area contributed by atoms with Crippen LogP contribution in [0.15, 0.2) is 42.5 Å². The summed E-state index contributed by atoms with van der Waals surface area (Å²) in [7, 11) is 1.86. The molecule has 0 saturated heterocycles. The normalized spacial score (nSPS) is 13.4. The number of aromatic nitrogens is 3. The first-order valence-corrected chi connectivity index (χ1v) is 8.60.